The Morgan fingerprint density at radius 1 is 1.33 bits per heavy atom. The minimum Gasteiger partial charge on any atom is -1.00 e. The first-order valence-corrected chi connectivity index (χ1v) is 3.84. The highest BCUT2D eigenvalue weighted by Gasteiger charge is 2.23. The Balaban J connectivity index is 0.000000720. The zero-order valence-corrected chi connectivity index (χ0v) is 8.02. The molecule has 1 atom stereocenters. The molecule has 1 unspecified atom stereocenters. The van der Waals surface area contributed by atoms with Crippen molar-refractivity contribution in [3.8, 4) is 0 Å². The van der Waals surface area contributed by atoms with Crippen LogP contribution in [0, 0.1) is 0 Å². The van der Waals surface area contributed by atoms with E-state index in [4.69, 9.17) is 11.6 Å². The van der Waals surface area contributed by atoms with Crippen LogP contribution in [0.5, 0.6) is 0 Å². The summed E-state index contributed by atoms with van der Waals surface area (Å²) >= 11 is 5.84. The number of quaternary nitrogens is 1. The van der Waals surface area contributed by atoms with E-state index in [1.807, 2.05) is 31.3 Å². The maximum Gasteiger partial charge on any atom is 0.303 e. The lowest BCUT2D eigenvalue weighted by Crippen LogP contribution is -3.04. The molecule has 0 radical (unpaired) electrons. The molecule has 0 bridgehead atoms. The minimum absolute atomic E-state index is 0. The van der Waals surface area contributed by atoms with Gasteiger partial charge in [-0.15, -0.1) is 0 Å². The third-order valence-corrected chi connectivity index (χ3v) is 2.20. The lowest BCUT2D eigenvalue weighted by Gasteiger charge is -2.02. The third kappa shape index (κ3) is 1.33. The van der Waals surface area contributed by atoms with E-state index in [2.05, 4.69) is 4.99 Å². The van der Waals surface area contributed by atoms with Crippen molar-refractivity contribution in [1.82, 2.24) is 0 Å². The second kappa shape index (κ2) is 3.44. The second-order valence-corrected chi connectivity index (χ2v) is 2.90. The van der Waals surface area contributed by atoms with Gasteiger partial charge in [-0.1, -0.05) is 12.1 Å². The van der Waals surface area contributed by atoms with Crippen molar-refractivity contribution in [1.29, 1.82) is 0 Å². The zero-order valence-electron chi connectivity index (χ0n) is 6.51. The van der Waals surface area contributed by atoms with Crippen molar-refractivity contribution < 1.29 is 17.3 Å². The van der Waals surface area contributed by atoms with Gasteiger partial charge in [0.1, 0.15) is 5.69 Å². The Morgan fingerprint density at radius 3 is 2.67 bits per heavy atom. The number of rotatable bonds is 0. The van der Waals surface area contributed by atoms with Gasteiger partial charge in [0.2, 0.25) is 0 Å². The molecule has 0 aliphatic carbocycles. The number of fused-ring (bicyclic) bond motifs is 1. The largest absolute Gasteiger partial charge is 1.00 e. The van der Waals surface area contributed by atoms with E-state index in [1.54, 1.807) is 0 Å². The average molecular weight is 203 g/mol. The minimum atomic E-state index is 0. The molecule has 1 aliphatic heterocycles. The molecule has 1 aromatic carbocycles. The van der Waals surface area contributed by atoms with Crippen molar-refractivity contribution >= 4 is 28.3 Å². The molecule has 0 aromatic heterocycles. The van der Waals surface area contributed by atoms with Crippen molar-refractivity contribution in [2.24, 2.45) is 4.99 Å². The molecule has 0 fully saturated rings. The number of aliphatic imine (C=N–C) groups is 1. The Hall–Kier alpha value is -0.570. The highest BCUT2D eigenvalue weighted by Crippen LogP contribution is 2.24. The zero-order chi connectivity index (χ0) is 7.84. The topological polar surface area (TPSA) is 16.8 Å². The molecule has 1 N–H and O–H groups in total. The summed E-state index contributed by atoms with van der Waals surface area (Å²) in [6.45, 7) is 0. The fourth-order valence-corrected chi connectivity index (χ4v) is 1.38. The number of para-hydroxylation sites is 2. The summed E-state index contributed by atoms with van der Waals surface area (Å²) in [6.07, 6.45) is 0. The summed E-state index contributed by atoms with van der Waals surface area (Å²) < 4.78 is 0. The van der Waals surface area contributed by atoms with E-state index < -0.39 is 0 Å². The molecule has 0 spiro atoms. The maximum atomic E-state index is 5.84. The third-order valence-electron chi connectivity index (χ3n) is 1.84. The lowest BCUT2D eigenvalue weighted by atomic mass is 10.3. The Morgan fingerprint density at radius 2 is 2.00 bits per heavy atom. The number of halogens is 2. The van der Waals surface area contributed by atoms with E-state index in [1.165, 1.54) is 0 Å². The van der Waals surface area contributed by atoms with Crippen molar-refractivity contribution in [3.63, 3.8) is 0 Å². The van der Waals surface area contributed by atoms with E-state index >= 15 is 0 Å². The first-order valence-electron chi connectivity index (χ1n) is 3.46. The number of hydrogen-bond acceptors (Lipinski definition) is 1. The SMILES string of the molecule is C[NH+]1C(Cl)=Nc2ccccc21.[Cl-]. The second-order valence-electron chi connectivity index (χ2n) is 2.54. The molecule has 12 heavy (non-hydrogen) atoms. The van der Waals surface area contributed by atoms with Gasteiger partial charge in [-0.25, -0.2) is 4.90 Å². The van der Waals surface area contributed by atoms with Crippen LogP contribution in [0.1, 0.15) is 0 Å². The van der Waals surface area contributed by atoms with Crippen LogP contribution >= 0.6 is 11.6 Å². The summed E-state index contributed by atoms with van der Waals surface area (Å²) in [4.78, 5) is 5.25. The predicted molar refractivity (Wildman–Crippen MR) is 45.9 cm³/mol. The van der Waals surface area contributed by atoms with Gasteiger partial charge in [0.05, 0.1) is 7.05 Å². The van der Waals surface area contributed by atoms with E-state index in [-0.39, 0.29) is 12.4 Å². The summed E-state index contributed by atoms with van der Waals surface area (Å²) in [5, 5.41) is 0.617. The number of hydrogen-bond donors (Lipinski definition) is 1. The number of nitrogens with one attached hydrogen (secondary N) is 1. The molecule has 2 nitrogen and oxygen atoms in total. The van der Waals surface area contributed by atoms with Crippen LogP contribution in [-0.2, 0) is 0 Å². The van der Waals surface area contributed by atoms with Gasteiger partial charge in [0, 0.05) is 17.7 Å². The Labute approximate surface area is 82.3 Å². The molecule has 1 heterocycles. The van der Waals surface area contributed by atoms with Crippen LogP contribution in [0.3, 0.4) is 0 Å². The van der Waals surface area contributed by atoms with Crippen molar-refractivity contribution in [2.75, 3.05) is 7.05 Å². The van der Waals surface area contributed by atoms with Crippen molar-refractivity contribution in [3.05, 3.63) is 24.3 Å². The number of nitrogens with zero attached hydrogens (tertiary/aromatic N) is 1. The van der Waals surface area contributed by atoms with Crippen LogP contribution in [0.25, 0.3) is 0 Å². The summed E-state index contributed by atoms with van der Waals surface area (Å²) in [6, 6.07) is 7.95. The highest BCUT2D eigenvalue weighted by atomic mass is 35.5. The van der Waals surface area contributed by atoms with Crippen LogP contribution in [-0.4, -0.2) is 12.3 Å². The van der Waals surface area contributed by atoms with E-state index in [9.17, 15) is 0 Å². The van der Waals surface area contributed by atoms with Crippen LogP contribution in [0.2, 0.25) is 0 Å². The van der Waals surface area contributed by atoms with Gasteiger partial charge in [-0.2, -0.15) is 4.99 Å². The van der Waals surface area contributed by atoms with Crippen LogP contribution < -0.4 is 17.3 Å². The first kappa shape index (κ1) is 9.52. The molecular weight excluding hydrogens is 195 g/mol. The Kier molecular flexibility index (Phi) is 2.73. The summed E-state index contributed by atoms with van der Waals surface area (Å²) in [5.74, 6) is 0. The quantitative estimate of drug-likeness (QED) is 0.473. The molecule has 64 valence electrons. The molecule has 0 amide bonds. The molecule has 0 saturated heterocycles. The summed E-state index contributed by atoms with van der Waals surface area (Å²) in [7, 11) is 1.98. The Bertz CT molecular complexity index is 323. The van der Waals surface area contributed by atoms with Crippen LogP contribution in [0.4, 0.5) is 11.4 Å². The van der Waals surface area contributed by atoms with Gasteiger partial charge in [0.25, 0.3) is 0 Å². The monoisotopic (exact) mass is 202 g/mol. The predicted octanol–water partition coefficient (Wildman–Crippen LogP) is -1.92. The number of amidine groups is 1. The van der Waals surface area contributed by atoms with Crippen LogP contribution in [0.15, 0.2) is 29.3 Å². The molecular formula is C8H8Cl2N2. The average Bonchev–Trinajstić information content (AvgIpc) is 2.30. The van der Waals surface area contributed by atoms with E-state index in [0.717, 1.165) is 16.3 Å². The van der Waals surface area contributed by atoms with Gasteiger partial charge in [0.15, 0.2) is 5.69 Å². The number of benzene rings is 1. The standard InChI is InChI=1S/C8H7ClN2.ClH/c1-11-7-5-3-2-4-6(7)10-8(11)9;/h2-5H,1H3;1H. The fourth-order valence-electron chi connectivity index (χ4n) is 1.19. The molecule has 0 saturated carbocycles. The fraction of sp³-hybridized carbons (Fsp3) is 0.125. The molecule has 1 aromatic rings. The van der Waals surface area contributed by atoms with Gasteiger partial charge in [-0.3, -0.25) is 0 Å². The molecule has 1 aliphatic rings. The van der Waals surface area contributed by atoms with Gasteiger partial charge in [-0.05, 0) is 6.07 Å². The summed E-state index contributed by atoms with van der Waals surface area (Å²) in [5.41, 5.74) is 2.13. The normalized spacial score (nSPS) is 19.5. The molecule has 2 rings (SSSR count). The molecule has 4 heteroatoms. The smallest absolute Gasteiger partial charge is 0.303 e. The highest BCUT2D eigenvalue weighted by molar-refractivity contribution is 6.62. The van der Waals surface area contributed by atoms with Gasteiger partial charge >= 0.3 is 5.29 Å². The lowest BCUT2D eigenvalue weighted by molar-refractivity contribution is -0.697. The van der Waals surface area contributed by atoms with Crippen molar-refractivity contribution in [2.45, 2.75) is 0 Å². The van der Waals surface area contributed by atoms with E-state index in [0.29, 0.717) is 5.29 Å². The first-order chi connectivity index (χ1) is 5.29. The maximum absolute atomic E-state index is 5.84. The van der Waals surface area contributed by atoms with Gasteiger partial charge < -0.3 is 12.4 Å².